The molecule has 0 aromatic rings. The number of hydrogen-bond acceptors (Lipinski definition) is 2. The predicted octanol–water partition coefficient (Wildman–Crippen LogP) is 1.58. The Morgan fingerprint density at radius 3 is 2.31 bits per heavy atom. The standard InChI is InChI=1S/C10H20FNO/c1-10(2,3)12-6-4-8(11)9(13)5-7-12/h8-9,13H,4-7H2,1-3H3/t8-,9+/m1/s1. The van der Waals surface area contributed by atoms with Crippen LogP contribution in [-0.4, -0.2) is 40.9 Å². The molecule has 1 N–H and O–H groups in total. The number of hydrogen-bond donors (Lipinski definition) is 1. The first-order chi connectivity index (χ1) is 5.91. The zero-order valence-electron chi connectivity index (χ0n) is 8.76. The van der Waals surface area contributed by atoms with Gasteiger partial charge in [0, 0.05) is 18.6 Å². The zero-order chi connectivity index (χ0) is 10.1. The predicted molar refractivity (Wildman–Crippen MR) is 51.5 cm³/mol. The molecule has 0 amide bonds. The highest BCUT2D eigenvalue weighted by molar-refractivity contribution is 4.83. The third kappa shape index (κ3) is 2.92. The summed E-state index contributed by atoms with van der Waals surface area (Å²) in [6.45, 7) is 7.92. The summed E-state index contributed by atoms with van der Waals surface area (Å²) in [5, 5.41) is 9.34. The minimum absolute atomic E-state index is 0.0871. The summed E-state index contributed by atoms with van der Waals surface area (Å²) < 4.78 is 13.1. The van der Waals surface area contributed by atoms with Crippen molar-refractivity contribution in [2.75, 3.05) is 13.1 Å². The molecule has 1 fully saturated rings. The van der Waals surface area contributed by atoms with Crippen molar-refractivity contribution in [1.82, 2.24) is 4.90 Å². The lowest BCUT2D eigenvalue weighted by Crippen LogP contribution is -2.42. The second-order valence-corrected chi connectivity index (χ2v) is 4.82. The van der Waals surface area contributed by atoms with Crippen molar-refractivity contribution < 1.29 is 9.50 Å². The van der Waals surface area contributed by atoms with Crippen LogP contribution in [0.15, 0.2) is 0 Å². The van der Waals surface area contributed by atoms with Gasteiger partial charge in [-0.2, -0.15) is 0 Å². The van der Waals surface area contributed by atoms with E-state index in [-0.39, 0.29) is 5.54 Å². The Morgan fingerprint density at radius 1 is 1.23 bits per heavy atom. The lowest BCUT2D eigenvalue weighted by Gasteiger charge is -2.34. The molecule has 0 aliphatic carbocycles. The van der Waals surface area contributed by atoms with Crippen LogP contribution in [0.4, 0.5) is 4.39 Å². The van der Waals surface area contributed by atoms with E-state index in [0.717, 1.165) is 13.1 Å². The summed E-state index contributed by atoms with van der Waals surface area (Å²) >= 11 is 0. The van der Waals surface area contributed by atoms with E-state index >= 15 is 0 Å². The number of halogens is 1. The van der Waals surface area contributed by atoms with Gasteiger partial charge in [-0.3, -0.25) is 4.90 Å². The lowest BCUT2D eigenvalue weighted by molar-refractivity contribution is 0.0747. The Labute approximate surface area is 79.7 Å². The number of aliphatic hydroxyl groups is 1. The molecule has 1 saturated heterocycles. The summed E-state index contributed by atoms with van der Waals surface area (Å²) in [5.41, 5.74) is 0.0871. The zero-order valence-corrected chi connectivity index (χ0v) is 8.76. The summed E-state index contributed by atoms with van der Waals surface area (Å²) in [6.07, 6.45) is -0.781. The van der Waals surface area contributed by atoms with E-state index in [2.05, 4.69) is 25.7 Å². The molecule has 0 saturated carbocycles. The topological polar surface area (TPSA) is 23.5 Å². The molecule has 0 aromatic heterocycles. The first-order valence-electron chi connectivity index (χ1n) is 4.98. The minimum Gasteiger partial charge on any atom is -0.390 e. The average Bonchev–Trinajstić information content (AvgIpc) is 2.14. The Morgan fingerprint density at radius 2 is 1.77 bits per heavy atom. The van der Waals surface area contributed by atoms with Crippen molar-refractivity contribution in [2.24, 2.45) is 0 Å². The number of aliphatic hydroxyl groups excluding tert-OH is 1. The highest BCUT2D eigenvalue weighted by Gasteiger charge is 2.29. The molecule has 2 atom stereocenters. The van der Waals surface area contributed by atoms with Crippen LogP contribution in [0.25, 0.3) is 0 Å². The molecular weight excluding hydrogens is 169 g/mol. The molecule has 1 rings (SSSR count). The smallest absolute Gasteiger partial charge is 0.127 e. The van der Waals surface area contributed by atoms with Crippen molar-refractivity contribution in [3.63, 3.8) is 0 Å². The molecule has 3 heteroatoms. The van der Waals surface area contributed by atoms with Crippen LogP contribution in [-0.2, 0) is 0 Å². The molecule has 13 heavy (non-hydrogen) atoms. The molecule has 0 bridgehead atoms. The third-order valence-corrected chi connectivity index (χ3v) is 2.74. The Hall–Kier alpha value is -0.150. The Kier molecular flexibility index (Phi) is 3.30. The Balaban J connectivity index is 2.54. The highest BCUT2D eigenvalue weighted by Crippen LogP contribution is 2.21. The van der Waals surface area contributed by atoms with Crippen LogP contribution < -0.4 is 0 Å². The molecule has 1 aliphatic rings. The summed E-state index contributed by atoms with van der Waals surface area (Å²) in [6, 6.07) is 0. The van der Waals surface area contributed by atoms with Crippen molar-refractivity contribution in [3.05, 3.63) is 0 Å². The molecular formula is C10H20FNO. The Bertz CT molecular complexity index is 155. The molecule has 78 valence electrons. The molecule has 0 unspecified atom stereocenters. The van der Waals surface area contributed by atoms with Crippen LogP contribution in [0.3, 0.4) is 0 Å². The van der Waals surface area contributed by atoms with Gasteiger partial charge in [0.2, 0.25) is 0 Å². The average molecular weight is 189 g/mol. The van der Waals surface area contributed by atoms with Crippen LogP contribution in [0.5, 0.6) is 0 Å². The molecule has 0 spiro atoms. The van der Waals surface area contributed by atoms with E-state index in [1.807, 2.05) is 0 Å². The van der Waals surface area contributed by atoms with Gasteiger partial charge in [0.05, 0.1) is 6.10 Å². The van der Waals surface area contributed by atoms with Crippen LogP contribution in [0, 0.1) is 0 Å². The second-order valence-electron chi connectivity index (χ2n) is 4.82. The van der Waals surface area contributed by atoms with Crippen molar-refractivity contribution in [1.29, 1.82) is 0 Å². The van der Waals surface area contributed by atoms with Gasteiger partial charge in [-0.1, -0.05) is 0 Å². The lowest BCUT2D eigenvalue weighted by atomic mass is 10.1. The summed E-state index contributed by atoms with van der Waals surface area (Å²) in [7, 11) is 0. The van der Waals surface area contributed by atoms with Gasteiger partial charge in [-0.05, 0) is 33.6 Å². The molecule has 1 heterocycles. The number of nitrogens with zero attached hydrogens (tertiary/aromatic N) is 1. The first-order valence-corrected chi connectivity index (χ1v) is 4.98. The maximum absolute atomic E-state index is 13.1. The minimum atomic E-state index is -1.03. The van der Waals surface area contributed by atoms with E-state index in [1.54, 1.807) is 0 Å². The monoisotopic (exact) mass is 189 g/mol. The molecule has 1 aliphatic heterocycles. The quantitative estimate of drug-likeness (QED) is 0.625. The van der Waals surface area contributed by atoms with Gasteiger partial charge in [0.25, 0.3) is 0 Å². The normalized spacial score (nSPS) is 33.0. The van der Waals surface area contributed by atoms with E-state index in [9.17, 15) is 9.50 Å². The number of alkyl halides is 1. The van der Waals surface area contributed by atoms with Crippen LogP contribution in [0.2, 0.25) is 0 Å². The maximum atomic E-state index is 13.1. The number of rotatable bonds is 0. The molecule has 0 aromatic carbocycles. The largest absolute Gasteiger partial charge is 0.390 e. The van der Waals surface area contributed by atoms with E-state index in [4.69, 9.17) is 0 Å². The fourth-order valence-corrected chi connectivity index (χ4v) is 1.72. The van der Waals surface area contributed by atoms with Crippen LogP contribution >= 0.6 is 0 Å². The van der Waals surface area contributed by atoms with Gasteiger partial charge in [0.15, 0.2) is 0 Å². The second kappa shape index (κ2) is 3.93. The van der Waals surface area contributed by atoms with E-state index < -0.39 is 12.3 Å². The van der Waals surface area contributed by atoms with Gasteiger partial charge in [-0.25, -0.2) is 4.39 Å². The summed E-state index contributed by atoms with van der Waals surface area (Å²) in [5.74, 6) is 0. The van der Waals surface area contributed by atoms with Gasteiger partial charge < -0.3 is 5.11 Å². The van der Waals surface area contributed by atoms with Crippen molar-refractivity contribution >= 4 is 0 Å². The van der Waals surface area contributed by atoms with Crippen molar-refractivity contribution in [3.8, 4) is 0 Å². The maximum Gasteiger partial charge on any atom is 0.127 e. The molecule has 0 radical (unpaired) electrons. The molecule has 2 nitrogen and oxygen atoms in total. The highest BCUT2D eigenvalue weighted by atomic mass is 19.1. The van der Waals surface area contributed by atoms with Gasteiger partial charge in [0.1, 0.15) is 6.17 Å². The van der Waals surface area contributed by atoms with E-state index in [0.29, 0.717) is 12.8 Å². The fraction of sp³-hybridized carbons (Fsp3) is 1.00. The first kappa shape index (κ1) is 10.9. The summed E-state index contributed by atoms with van der Waals surface area (Å²) in [4.78, 5) is 2.23. The third-order valence-electron chi connectivity index (χ3n) is 2.74. The van der Waals surface area contributed by atoms with Crippen LogP contribution in [0.1, 0.15) is 33.6 Å². The van der Waals surface area contributed by atoms with Crippen molar-refractivity contribution in [2.45, 2.75) is 51.4 Å². The fourth-order valence-electron chi connectivity index (χ4n) is 1.72. The SMILES string of the molecule is CC(C)(C)N1CC[C@@H](F)[C@@H](O)CC1. The van der Waals surface area contributed by atoms with E-state index in [1.165, 1.54) is 0 Å². The van der Waals surface area contributed by atoms with Gasteiger partial charge >= 0.3 is 0 Å². The van der Waals surface area contributed by atoms with Gasteiger partial charge in [-0.15, -0.1) is 0 Å². The number of likely N-dealkylation sites (tertiary alicyclic amines) is 1.